The van der Waals surface area contributed by atoms with Gasteiger partial charge >= 0.3 is 17.9 Å². The molecule has 14 atom stereocenters. The van der Waals surface area contributed by atoms with E-state index < -0.39 is 110 Å². The summed E-state index contributed by atoms with van der Waals surface area (Å²) in [6.45, 7) is -0.532. The molecule has 0 bridgehead atoms. The Morgan fingerprint density at radius 3 is 1.12 bits per heavy atom. The lowest BCUT2D eigenvalue weighted by Gasteiger charge is -2.48. The van der Waals surface area contributed by atoms with E-state index in [-0.39, 0.29) is 55.9 Å². The molecule has 3 aliphatic rings. The molecule has 2 saturated heterocycles. The highest BCUT2D eigenvalue weighted by Gasteiger charge is 2.56. The van der Waals surface area contributed by atoms with Gasteiger partial charge in [-0.05, 0) is 88.1 Å². The lowest BCUT2D eigenvalue weighted by molar-refractivity contribution is -0.335. The van der Waals surface area contributed by atoms with E-state index in [9.17, 15) is 36.5 Å². The predicted octanol–water partition coefficient (Wildman–Crippen LogP) is 11.4. The first-order valence-corrected chi connectivity index (χ1v) is 27.2. The third-order valence-electron chi connectivity index (χ3n) is 14.3. The first-order valence-electron chi connectivity index (χ1n) is 27.2. The van der Waals surface area contributed by atoms with Gasteiger partial charge in [0.25, 0.3) is 0 Å². The van der Waals surface area contributed by atoms with Crippen molar-refractivity contribution < 1.29 is 61.8 Å². The lowest BCUT2D eigenvalue weighted by Crippen LogP contribution is -2.64. The standard InChI is InChI=1S/C60H58N12O13/c61-69-65-33-48-50(76-35-38-19-7-1-8-20-38)52(77-36-39-21-9-2-10-22-39)54(78-37-40-23-11-3-12-24-40)59(81-48)79-46-31-45(68-72-64)47(32-44(46)67-71-63)80-60-55(85-58(75)43-29-17-6-18-30-43)53(84-57(74)42-27-15-5-16-28-42)51(49(82-60)34-66-70-62)83-56(73)41-25-13-4-14-26-41/h1-30,44-55,59-60H,31-37H2/t44-,45-,46-,47-,48-,49-,50-,51-,52+,53+,54-,55-,59+,60-/m1/s1. The SMILES string of the molecule is [N-]=[N+]=NC[C@H]1O[C@H](O[C@@H]2C[C@@H](N=[N+]=[N-])[C@H](O[C@@H]3O[C@H](CN=[N+]=[N-])[C@@H](OC(=O)c4ccccc4)[C@H](OC(=O)c4ccccc4)[C@H]3OC(=O)c3ccccc3)C[C@H]2N=[N+]=[N-])[C@H](OCc2ccccc2)[C@@H](OCc2ccccc2)[C@@H]1OCc1ccccc1. The van der Waals surface area contributed by atoms with Crippen LogP contribution in [-0.4, -0.2) is 117 Å². The van der Waals surface area contributed by atoms with Gasteiger partial charge in [-0.25, -0.2) is 14.4 Å². The van der Waals surface area contributed by atoms with Crippen LogP contribution in [0.1, 0.15) is 60.6 Å². The molecular weight excluding hydrogens is 1100 g/mol. The average molecular weight is 1160 g/mol. The minimum atomic E-state index is -1.79. The van der Waals surface area contributed by atoms with E-state index in [1.54, 1.807) is 54.6 Å². The molecule has 0 unspecified atom stereocenters. The van der Waals surface area contributed by atoms with Gasteiger partial charge in [0.05, 0.1) is 80.0 Å². The second-order valence-corrected chi connectivity index (χ2v) is 19.8. The van der Waals surface area contributed by atoms with E-state index in [4.69, 9.17) is 47.4 Å². The molecule has 436 valence electrons. The Labute approximate surface area is 487 Å². The molecule has 0 spiro atoms. The fourth-order valence-electron chi connectivity index (χ4n) is 10.2. The number of hydrogen-bond donors (Lipinski definition) is 0. The van der Waals surface area contributed by atoms with Gasteiger partial charge in [0.2, 0.25) is 0 Å². The summed E-state index contributed by atoms with van der Waals surface area (Å²) in [5.74, 6) is -2.76. The van der Waals surface area contributed by atoms with Crippen LogP contribution >= 0.6 is 0 Å². The maximum atomic E-state index is 14.2. The van der Waals surface area contributed by atoms with Gasteiger partial charge in [-0.15, -0.1) is 0 Å². The van der Waals surface area contributed by atoms with Crippen molar-refractivity contribution in [2.75, 3.05) is 13.1 Å². The second-order valence-electron chi connectivity index (χ2n) is 19.8. The van der Waals surface area contributed by atoms with Crippen LogP contribution < -0.4 is 0 Å². The molecule has 6 aromatic rings. The molecule has 1 aliphatic carbocycles. The van der Waals surface area contributed by atoms with Gasteiger partial charge in [0.15, 0.2) is 30.9 Å². The summed E-state index contributed by atoms with van der Waals surface area (Å²) in [7, 11) is 0. The molecule has 6 aromatic carbocycles. The number of carbonyl (C=O) groups is 3. The first-order chi connectivity index (χ1) is 41.7. The van der Waals surface area contributed by atoms with E-state index in [1.165, 1.54) is 36.4 Å². The summed E-state index contributed by atoms with van der Waals surface area (Å²) in [5, 5.41) is 15.9. The minimum Gasteiger partial charge on any atom is -0.452 e. The van der Waals surface area contributed by atoms with Crippen molar-refractivity contribution >= 4 is 17.9 Å². The number of ether oxygens (including phenoxy) is 10. The second kappa shape index (κ2) is 30.8. The number of rotatable bonds is 25. The molecule has 2 heterocycles. The number of azide groups is 4. The Morgan fingerprint density at radius 2 is 0.729 bits per heavy atom. The van der Waals surface area contributed by atoms with Crippen LogP contribution in [0.15, 0.2) is 202 Å². The van der Waals surface area contributed by atoms with E-state index in [1.807, 2.05) is 91.0 Å². The molecule has 0 amide bonds. The quantitative estimate of drug-likeness (QED) is 0.0169. The smallest absolute Gasteiger partial charge is 0.338 e. The third kappa shape index (κ3) is 16.3. The molecule has 0 N–H and O–H groups in total. The summed E-state index contributed by atoms with van der Waals surface area (Å²) in [5.41, 5.74) is 42.4. The minimum absolute atomic E-state index is 0.0418. The topological polar surface area (TPSA) is 339 Å². The van der Waals surface area contributed by atoms with Gasteiger partial charge in [-0.3, -0.25) is 0 Å². The van der Waals surface area contributed by atoms with E-state index in [0.29, 0.717) is 0 Å². The van der Waals surface area contributed by atoms with E-state index in [2.05, 4.69) is 40.1 Å². The third-order valence-corrected chi connectivity index (χ3v) is 14.3. The lowest BCUT2D eigenvalue weighted by atomic mass is 9.86. The molecule has 2 aliphatic heterocycles. The molecule has 3 fully saturated rings. The average Bonchev–Trinajstić information content (AvgIpc) is 2.06. The van der Waals surface area contributed by atoms with Crippen molar-refractivity contribution in [2.24, 2.45) is 20.5 Å². The Kier molecular flexibility index (Phi) is 21.9. The highest BCUT2D eigenvalue weighted by Crippen LogP contribution is 2.39. The Bertz CT molecular complexity index is 3330. The van der Waals surface area contributed by atoms with Crippen LogP contribution in [0.5, 0.6) is 0 Å². The number of benzene rings is 6. The molecule has 1 saturated carbocycles. The van der Waals surface area contributed by atoms with Crippen LogP contribution in [0.25, 0.3) is 41.8 Å². The van der Waals surface area contributed by atoms with Crippen LogP contribution in [0, 0.1) is 0 Å². The number of nitrogens with zero attached hydrogens (tertiary/aromatic N) is 12. The summed E-state index contributed by atoms with van der Waals surface area (Å²) < 4.78 is 65.6. The van der Waals surface area contributed by atoms with Gasteiger partial charge < -0.3 is 47.4 Å². The summed E-state index contributed by atoms with van der Waals surface area (Å²) in [6.07, 6.45) is -16.7. The van der Waals surface area contributed by atoms with Gasteiger partial charge in [-0.1, -0.05) is 166 Å². The van der Waals surface area contributed by atoms with Crippen molar-refractivity contribution in [1.29, 1.82) is 0 Å². The zero-order valence-electron chi connectivity index (χ0n) is 45.5. The maximum Gasteiger partial charge on any atom is 0.338 e. The maximum absolute atomic E-state index is 14.2. The Hall–Kier alpha value is -9.31. The van der Waals surface area contributed by atoms with Gasteiger partial charge in [0, 0.05) is 19.6 Å². The summed E-state index contributed by atoms with van der Waals surface area (Å²) in [6, 6.07) is 49.5. The highest BCUT2D eigenvalue weighted by atomic mass is 16.7. The largest absolute Gasteiger partial charge is 0.452 e. The molecule has 85 heavy (non-hydrogen) atoms. The normalized spacial score (nSPS) is 26.1. The van der Waals surface area contributed by atoms with Crippen LogP contribution in [0.4, 0.5) is 0 Å². The van der Waals surface area contributed by atoms with Gasteiger partial charge in [0.1, 0.15) is 24.4 Å². The zero-order chi connectivity index (χ0) is 59.2. The summed E-state index contributed by atoms with van der Waals surface area (Å²) in [4.78, 5) is 54.7. The monoisotopic (exact) mass is 1150 g/mol. The van der Waals surface area contributed by atoms with Crippen molar-refractivity contribution in [1.82, 2.24) is 0 Å². The molecule has 0 radical (unpaired) electrons. The number of esters is 3. The van der Waals surface area contributed by atoms with Gasteiger partial charge in [-0.2, -0.15) is 0 Å². The Balaban J connectivity index is 1.07. The highest BCUT2D eigenvalue weighted by molar-refractivity contribution is 5.91. The fourth-order valence-corrected chi connectivity index (χ4v) is 10.2. The van der Waals surface area contributed by atoms with Crippen LogP contribution in [-0.2, 0) is 67.2 Å². The van der Waals surface area contributed by atoms with Crippen LogP contribution in [0.3, 0.4) is 0 Å². The number of carbonyl (C=O) groups excluding carboxylic acids is 3. The first kappa shape index (κ1) is 60.3. The molecule has 0 aromatic heterocycles. The fraction of sp³-hybridized carbons (Fsp3) is 0.350. The van der Waals surface area contributed by atoms with Crippen LogP contribution in [0.2, 0.25) is 0 Å². The molecule has 25 nitrogen and oxygen atoms in total. The van der Waals surface area contributed by atoms with E-state index >= 15 is 0 Å². The molecule has 25 heteroatoms. The molecular formula is C60H58N12O13. The zero-order valence-corrected chi connectivity index (χ0v) is 45.5. The van der Waals surface area contributed by atoms with Crippen molar-refractivity contribution in [2.45, 2.75) is 118 Å². The molecule has 9 rings (SSSR count). The number of hydrogen-bond acceptors (Lipinski definition) is 17. The predicted molar refractivity (Wildman–Crippen MR) is 302 cm³/mol. The van der Waals surface area contributed by atoms with Crippen molar-refractivity contribution in [3.8, 4) is 0 Å². The van der Waals surface area contributed by atoms with Crippen molar-refractivity contribution in [3.63, 3.8) is 0 Å². The van der Waals surface area contributed by atoms with E-state index in [0.717, 1.165) is 16.7 Å². The van der Waals surface area contributed by atoms with Crippen molar-refractivity contribution in [3.05, 3.63) is 257 Å². The Morgan fingerprint density at radius 1 is 0.400 bits per heavy atom. The summed E-state index contributed by atoms with van der Waals surface area (Å²) >= 11 is 0.